The van der Waals surface area contributed by atoms with Crippen molar-refractivity contribution < 1.29 is 25.9 Å². The maximum atomic E-state index is 12.5. The van der Waals surface area contributed by atoms with E-state index in [1.54, 1.807) is 0 Å². The van der Waals surface area contributed by atoms with Gasteiger partial charge in [-0.25, -0.2) is 0 Å². The third-order valence-electron chi connectivity index (χ3n) is 4.60. The van der Waals surface area contributed by atoms with E-state index in [0.717, 1.165) is 0 Å². The maximum Gasteiger partial charge on any atom is 0.297 e. The summed E-state index contributed by atoms with van der Waals surface area (Å²) < 4.78 is 66.7. The second-order valence-corrected chi connectivity index (χ2v) is 9.80. The van der Waals surface area contributed by atoms with Gasteiger partial charge in [-0.15, -0.1) is 20.4 Å². The zero-order chi connectivity index (χ0) is 25.8. The van der Waals surface area contributed by atoms with Crippen LogP contribution in [0.5, 0.6) is 0 Å². The fraction of sp³-hybridized carbons (Fsp3) is 0. The van der Waals surface area contributed by atoms with Crippen LogP contribution in [-0.4, -0.2) is 56.8 Å². The molecule has 0 unspecified atom stereocenters. The number of rotatable bonds is 8. The minimum absolute atomic E-state index is 0.0690. The van der Waals surface area contributed by atoms with Crippen molar-refractivity contribution in [2.24, 2.45) is 0 Å². The molecule has 0 aliphatic heterocycles. The zero-order valence-electron chi connectivity index (χ0n) is 18.0. The van der Waals surface area contributed by atoms with Crippen molar-refractivity contribution in [1.82, 2.24) is 30.8 Å². The fourth-order valence-corrected chi connectivity index (χ4v) is 4.39. The largest absolute Gasteiger partial charge is 0.337 e. The first kappa shape index (κ1) is 24.7. The van der Waals surface area contributed by atoms with Gasteiger partial charge in [-0.1, -0.05) is 30.4 Å². The molecule has 16 heteroatoms. The Kier molecular flexibility index (Phi) is 6.93. The lowest BCUT2D eigenvalue weighted by atomic mass is 10.1. The minimum Gasteiger partial charge on any atom is -0.337 e. The summed E-state index contributed by atoms with van der Waals surface area (Å²) >= 11 is 0. The molecule has 0 aliphatic rings. The number of anilines is 4. The van der Waals surface area contributed by atoms with Crippen molar-refractivity contribution in [3.05, 3.63) is 72.1 Å². The van der Waals surface area contributed by atoms with Crippen LogP contribution >= 0.6 is 0 Å². The van der Waals surface area contributed by atoms with Crippen molar-refractivity contribution in [3.8, 4) is 0 Å². The predicted octanol–water partition coefficient (Wildman–Crippen LogP) is 2.21. The van der Waals surface area contributed by atoms with Crippen LogP contribution in [0.1, 0.15) is 11.1 Å². The van der Waals surface area contributed by atoms with Crippen LogP contribution in [0.25, 0.3) is 12.2 Å². The Balaban J connectivity index is 1.82. The van der Waals surface area contributed by atoms with E-state index in [2.05, 4.69) is 41.5 Å². The monoisotopic (exact) mass is 528 g/mol. The molecule has 0 aliphatic carbocycles. The van der Waals surface area contributed by atoms with E-state index in [9.17, 15) is 21.4 Å². The molecule has 0 atom stereocenters. The number of hydrogen-bond acceptors (Lipinski definition) is 12. The van der Waals surface area contributed by atoms with Gasteiger partial charge in [-0.05, 0) is 39.8 Å². The van der Waals surface area contributed by atoms with Crippen molar-refractivity contribution in [1.29, 1.82) is 0 Å². The highest BCUT2D eigenvalue weighted by Crippen LogP contribution is 2.37. The number of aromatic nitrogens is 6. The second kappa shape index (κ2) is 10.1. The van der Waals surface area contributed by atoms with Crippen LogP contribution in [0.2, 0.25) is 0 Å². The van der Waals surface area contributed by atoms with Crippen LogP contribution in [-0.2, 0) is 20.2 Å². The third-order valence-corrected chi connectivity index (χ3v) is 6.43. The van der Waals surface area contributed by atoms with Crippen molar-refractivity contribution in [2.45, 2.75) is 9.79 Å². The Bertz CT molecular complexity index is 1620. The molecule has 0 fully saturated rings. The highest BCUT2D eigenvalue weighted by molar-refractivity contribution is 7.86. The van der Waals surface area contributed by atoms with Crippen molar-refractivity contribution in [3.63, 3.8) is 0 Å². The molecule has 2 aromatic carbocycles. The molecule has 4 aromatic rings. The average molecular weight is 529 g/mol. The Labute approximate surface area is 204 Å². The van der Waals surface area contributed by atoms with Crippen molar-refractivity contribution in [2.75, 3.05) is 10.6 Å². The molecule has 0 saturated heterocycles. The van der Waals surface area contributed by atoms with Gasteiger partial charge >= 0.3 is 0 Å². The number of hydrogen-bond donors (Lipinski definition) is 4. The quantitative estimate of drug-likeness (QED) is 0.191. The summed E-state index contributed by atoms with van der Waals surface area (Å²) in [7, 11) is -9.17. The summed E-state index contributed by atoms with van der Waals surface area (Å²) in [6.07, 6.45) is 5.62. The predicted molar refractivity (Wildman–Crippen MR) is 128 cm³/mol. The Morgan fingerprint density at radius 2 is 1.31 bits per heavy atom. The van der Waals surface area contributed by atoms with Gasteiger partial charge in [-0.2, -0.15) is 16.8 Å². The molecule has 14 nitrogen and oxygen atoms in total. The fourth-order valence-electron chi connectivity index (χ4n) is 3.05. The molecule has 0 spiro atoms. The Morgan fingerprint density at radius 1 is 0.694 bits per heavy atom. The van der Waals surface area contributed by atoms with Crippen LogP contribution in [0.15, 0.2) is 70.7 Å². The molecule has 4 rings (SSSR count). The number of nitrogens with one attached hydrogen (secondary N) is 2. The van der Waals surface area contributed by atoms with Gasteiger partial charge in [0.05, 0.1) is 28.7 Å². The normalized spacial score (nSPS) is 11.9. The average Bonchev–Trinajstić information content (AvgIpc) is 2.84. The molecular formula is C20H16N8O6S2. The van der Waals surface area contributed by atoms with E-state index < -0.39 is 25.1 Å². The van der Waals surface area contributed by atoms with E-state index >= 15 is 0 Å². The first-order valence-electron chi connectivity index (χ1n) is 9.84. The van der Waals surface area contributed by atoms with Crippen LogP contribution < -0.4 is 10.6 Å². The lowest BCUT2D eigenvalue weighted by molar-refractivity contribution is 0.481. The zero-order valence-corrected chi connectivity index (χ0v) is 19.6. The SMILES string of the molecule is O=S(=O)(O)c1ccc(C=Cc2ccc(Nc3ccnnn3)c(Nc3ccnnn3)c2S(=O)(=O)O)cc1. The smallest absolute Gasteiger partial charge is 0.297 e. The molecule has 2 heterocycles. The molecule has 0 amide bonds. The van der Waals surface area contributed by atoms with E-state index in [-0.39, 0.29) is 33.5 Å². The summed E-state index contributed by atoms with van der Waals surface area (Å²) in [6, 6.07) is 11.1. The van der Waals surface area contributed by atoms with E-state index in [1.165, 1.54) is 73.1 Å². The molecule has 4 N–H and O–H groups in total. The molecule has 184 valence electrons. The molecular weight excluding hydrogens is 512 g/mol. The molecule has 0 saturated carbocycles. The van der Waals surface area contributed by atoms with Crippen LogP contribution in [0, 0.1) is 0 Å². The Morgan fingerprint density at radius 3 is 1.83 bits per heavy atom. The highest BCUT2D eigenvalue weighted by atomic mass is 32.2. The maximum absolute atomic E-state index is 12.5. The molecule has 0 bridgehead atoms. The van der Waals surface area contributed by atoms with Gasteiger partial charge in [0.15, 0.2) is 11.6 Å². The lowest BCUT2D eigenvalue weighted by Gasteiger charge is -2.17. The second-order valence-electron chi connectivity index (χ2n) is 7.02. The summed E-state index contributed by atoms with van der Waals surface area (Å²) in [5, 5.41) is 27.5. The Hall–Kier alpha value is -4.38. The van der Waals surface area contributed by atoms with E-state index in [4.69, 9.17) is 4.55 Å². The summed E-state index contributed by atoms with van der Waals surface area (Å²) in [6.45, 7) is 0. The topological polar surface area (TPSA) is 210 Å². The number of benzene rings is 2. The standard InChI is InChI=1S/C20H16N8O6S2/c29-35(30,31)15-6-2-13(3-7-15)1-4-14-5-8-16(23-17-9-11-21-27-25-17)19(20(14)36(32,33)34)24-18-10-12-22-28-26-18/h1-12H,(H,21,23,25)(H,22,24,26)(H,29,30,31)(H,32,33,34). The van der Waals surface area contributed by atoms with E-state index in [1.807, 2.05) is 0 Å². The van der Waals surface area contributed by atoms with Crippen LogP contribution in [0.3, 0.4) is 0 Å². The number of nitrogens with zero attached hydrogens (tertiary/aromatic N) is 6. The minimum atomic E-state index is -4.81. The third kappa shape index (κ3) is 5.99. The van der Waals surface area contributed by atoms with E-state index in [0.29, 0.717) is 5.56 Å². The van der Waals surface area contributed by atoms with Gasteiger partial charge in [0.2, 0.25) is 0 Å². The van der Waals surface area contributed by atoms with Gasteiger partial charge in [0.1, 0.15) is 4.90 Å². The molecule has 36 heavy (non-hydrogen) atoms. The summed E-state index contributed by atoms with van der Waals surface area (Å²) in [5.74, 6) is 0.387. The van der Waals surface area contributed by atoms with Gasteiger partial charge in [0, 0.05) is 12.1 Å². The first-order chi connectivity index (χ1) is 17.1. The van der Waals surface area contributed by atoms with Gasteiger partial charge < -0.3 is 10.6 Å². The van der Waals surface area contributed by atoms with Gasteiger partial charge in [0.25, 0.3) is 20.2 Å². The first-order valence-corrected chi connectivity index (χ1v) is 12.7. The summed E-state index contributed by atoms with van der Waals surface area (Å²) in [5.41, 5.74) is 0.719. The molecule has 2 aromatic heterocycles. The van der Waals surface area contributed by atoms with Crippen molar-refractivity contribution >= 4 is 55.4 Å². The molecule has 0 radical (unpaired) electrons. The van der Waals surface area contributed by atoms with Gasteiger partial charge in [-0.3, -0.25) is 9.11 Å². The highest BCUT2D eigenvalue weighted by Gasteiger charge is 2.24. The van der Waals surface area contributed by atoms with Crippen LogP contribution in [0.4, 0.5) is 23.0 Å². The lowest BCUT2D eigenvalue weighted by Crippen LogP contribution is -2.10. The summed E-state index contributed by atoms with van der Waals surface area (Å²) in [4.78, 5) is -0.781.